The van der Waals surface area contributed by atoms with Crippen LogP contribution < -0.4 is 10.6 Å². The van der Waals surface area contributed by atoms with Gasteiger partial charge in [-0.25, -0.2) is 0 Å². The van der Waals surface area contributed by atoms with Crippen molar-refractivity contribution in [3.63, 3.8) is 0 Å². The number of furan rings is 1. The van der Waals surface area contributed by atoms with Gasteiger partial charge in [0, 0.05) is 30.4 Å². The highest BCUT2D eigenvalue weighted by Crippen LogP contribution is 2.40. The van der Waals surface area contributed by atoms with Gasteiger partial charge in [-0.1, -0.05) is 54.1 Å². The van der Waals surface area contributed by atoms with Crippen molar-refractivity contribution in [2.75, 3.05) is 11.9 Å². The van der Waals surface area contributed by atoms with Crippen LogP contribution in [-0.4, -0.2) is 27.4 Å². The van der Waals surface area contributed by atoms with Crippen molar-refractivity contribution >= 4 is 28.9 Å². The lowest BCUT2D eigenvalue weighted by molar-refractivity contribution is -0.116. The Hall–Kier alpha value is -3.97. The Morgan fingerprint density at radius 2 is 1.80 bits per heavy atom. The van der Waals surface area contributed by atoms with E-state index in [0.29, 0.717) is 11.7 Å². The summed E-state index contributed by atoms with van der Waals surface area (Å²) in [5.41, 5.74) is 3.80. The van der Waals surface area contributed by atoms with Gasteiger partial charge in [0.1, 0.15) is 17.6 Å². The number of hydrogen-bond acceptors (Lipinski definition) is 4. The number of carbonyl (C=O) groups excluding carboxylic acids is 1. The molecule has 0 bridgehead atoms. The molecule has 1 amide bonds. The fourth-order valence-electron chi connectivity index (χ4n) is 4.31. The lowest BCUT2D eigenvalue weighted by Crippen LogP contribution is -2.32. The van der Waals surface area contributed by atoms with Gasteiger partial charge in [0.05, 0.1) is 11.7 Å². The molecule has 1 aliphatic rings. The summed E-state index contributed by atoms with van der Waals surface area (Å²) in [7, 11) is 0. The van der Waals surface area contributed by atoms with Crippen molar-refractivity contribution in [1.29, 1.82) is 0 Å². The maximum Gasteiger partial charge on any atom is 0.226 e. The number of nitrogens with one attached hydrogen (secondary N) is 2. The Bertz CT molecular complexity index is 1310. The molecule has 1 fully saturated rings. The second kappa shape index (κ2) is 10.1. The van der Waals surface area contributed by atoms with Crippen LogP contribution in [0, 0.1) is 6.92 Å². The minimum atomic E-state index is -0.234. The van der Waals surface area contributed by atoms with Crippen LogP contribution in [0.5, 0.6) is 0 Å². The van der Waals surface area contributed by atoms with Crippen LogP contribution in [-0.2, 0) is 4.79 Å². The molecule has 0 aliphatic carbocycles. The van der Waals surface area contributed by atoms with Crippen molar-refractivity contribution in [3.8, 4) is 11.3 Å². The molecule has 4 aromatic rings. The molecule has 2 aromatic carbocycles. The van der Waals surface area contributed by atoms with Crippen molar-refractivity contribution in [2.24, 2.45) is 0 Å². The Labute approximate surface area is 210 Å². The van der Waals surface area contributed by atoms with Crippen LogP contribution in [0.25, 0.3) is 11.3 Å². The second-order valence-corrected chi connectivity index (χ2v) is 8.94. The van der Waals surface area contributed by atoms with Gasteiger partial charge >= 0.3 is 0 Å². The summed E-state index contributed by atoms with van der Waals surface area (Å²) >= 11 is 5.70. The number of anilines is 1. The van der Waals surface area contributed by atoms with Gasteiger partial charge in [-0.2, -0.15) is 0 Å². The van der Waals surface area contributed by atoms with E-state index in [4.69, 9.17) is 16.6 Å². The molecule has 35 heavy (non-hydrogen) atoms. The average Bonchev–Trinajstić information content (AvgIpc) is 3.50. The summed E-state index contributed by atoms with van der Waals surface area (Å²) in [5.74, 6) is 1.49. The predicted octanol–water partition coefficient (Wildman–Crippen LogP) is 5.65. The first-order valence-electron chi connectivity index (χ1n) is 11.6. The number of benzene rings is 2. The number of carbonyl (C=O) groups is 1. The number of thiocarbonyl (C=S) groups is 1. The summed E-state index contributed by atoms with van der Waals surface area (Å²) < 4.78 is 6.33. The van der Waals surface area contributed by atoms with Crippen molar-refractivity contribution in [1.82, 2.24) is 15.2 Å². The molecule has 2 aromatic heterocycles. The van der Waals surface area contributed by atoms with E-state index in [0.717, 1.165) is 34.0 Å². The fourth-order valence-corrected chi connectivity index (χ4v) is 4.64. The molecule has 1 saturated heterocycles. The van der Waals surface area contributed by atoms with Gasteiger partial charge in [-0.15, -0.1) is 0 Å². The van der Waals surface area contributed by atoms with E-state index in [1.54, 1.807) is 6.20 Å². The maximum atomic E-state index is 12.7. The average molecular weight is 483 g/mol. The Morgan fingerprint density at radius 1 is 1.03 bits per heavy atom. The van der Waals surface area contributed by atoms with Gasteiger partial charge in [0.25, 0.3) is 0 Å². The van der Waals surface area contributed by atoms with Crippen molar-refractivity contribution in [2.45, 2.75) is 25.4 Å². The predicted molar refractivity (Wildman–Crippen MR) is 141 cm³/mol. The van der Waals surface area contributed by atoms with E-state index in [9.17, 15) is 4.79 Å². The maximum absolute atomic E-state index is 12.7. The third-order valence-corrected chi connectivity index (χ3v) is 6.44. The van der Waals surface area contributed by atoms with Crippen molar-refractivity contribution in [3.05, 3.63) is 108 Å². The van der Waals surface area contributed by atoms with Gasteiger partial charge < -0.3 is 20.0 Å². The fraction of sp³-hybridized carbons (Fsp3) is 0.179. The van der Waals surface area contributed by atoms with E-state index < -0.39 is 0 Å². The molecule has 2 N–H and O–H groups in total. The molecule has 176 valence electrons. The van der Waals surface area contributed by atoms with Crippen LogP contribution >= 0.6 is 12.2 Å². The Balaban J connectivity index is 1.38. The third kappa shape index (κ3) is 5.10. The largest absolute Gasteiger partial charge is 0.459 e. The molecule has 7 heteroatoms. The van der Waals surface area contributed by atoms with Crippen LogP contribution in [0.3, 0.4) is 0 Å². The summed E-state index contributed by atoms with van der Waals surface area (Å²) in [5, 5.41) is 6.94. The topological polar surface area (TPSA) is 70.4 Å². The molecule has 0 unspecified atom stereocenters. The Morgan fingerprint density at radius 3 is 2.54 bits per heavy atom. The summed E-state index contributed by atoms with van der Waals surface area (Å²) in [4.78, 5) is 19.3. The normalized spacial score (nSPS) is 17.3. The monoisotopic (exact) mass is 482 g/mol. The van der Waals surface area contributed by atoms with Gasteiger partial charge in [0.2, 0.25) is 5.91 Å². The molecular weight excluding hydrogens is 456 g/mol. The van der Waals surface area contributed by atoms with E-state index in [1.807, 2.05) is 96.8 Å². The quantitative estimate of drug-likeness (QED) is 0.332. The molecule has 2 atom stereocenters. The highest BCUT2D eigenvalue weighted by Gasteiger charge is 2.41. The zero-order valence-corrected chi connectivity index (χ0v) is 20.2. The standard InChI is InChI=1S/C28H26N4O2S/c1-19-10-12-21(13-11-19)30-25(33)16-18-32-27(26(31-28(32)35)22-9-5-6-17-29-22)24-15-14-23(34-24)20-7-3-2-4-8-20/h2-15,17,26-27H,16,18H2,1H3,(H,30,33)(H,31,35)/t26-,27+/m1/s1. The second-order valence-electron chi connectivity index (χ2n) is 8.55. The van der Waals surface area contributed by atoms with Gasteiger partial charge in [-0.3, -0.25) is 9.78 Å². The summed E-state index contributed by atoms with van der Waals surface area (Å²) in [6.45, 7) is 2.46. The summed E-state index contributed by atoms with van der Waals surface area (Å²) in [6.07, 6.45) is 2.06. The number of aromatic nitrogens is 1. The first-order chi connectivity index (χ1) is 17.1. The first kappa shape index (κ1) is 22.8. The smallest absolute Gasteiger partial charge is 0.226 e. The number of hydrogen-bond donors (Lipinski definition) is 2. The van der Waals surface area contributed by atoms with Crippen molar-refractivity contribution < 1.29 is 9.21 Å². The highest BCUT2D eigenvalue weighted by molar-refractivity contribution is 7.80. The third-order valence-electron chi connectivity index (χ3n) is 6.09. The van der Waals surface area contributed by atoms with E-state index in [-0.39, 0.29) is 24.4 Å². The van der Waals surface area contributed by atoms with Gasteiger partial charge in [0.15, 0.2) is 5.11 Å². The molecule has 5 rings (SSSR count). The number of amides is 1. The minimum Gasteiger partial charge on any atom is -0.459 e. The van der Waals surface area contributed by atoms with E-state index in [1.165, 1.54) is 0 Å². The van der Waals surface area contributed by atoms with Crippen LogP contribution in [0.2, 0.25) is 0 Å². The summed E-state index contributed by atoms with van der Waals surface area (Å²) in [6, 6.07) is 27.1. The first-order valence-corrected chi connectivity index (χ1v) is 12.0. The molecular formula is C28H26N4O2S. The molecule has 6 nitrogen and oxygen atoms in total. The number of pyridine rings is 1. The highest BCUT2D eigenvalue weighted by atomic mass is 32.1. The minimum absolute atomic E-state index is 0.0684. The number of nitrogens with zero attached hydrogens (tertiary/aromatic N) is 2. The number of aryl methyl sites for hydroxylation is 1. The van der Waals surface area contributed by atoms with Gasteiger partial charge in [-0.05, 0) is 55.5 Å². The number of rotatable bonds is 7. The SMILES string of the molecule is Cc1ccc(NC(=O)CCN2C(=S)N[C@H](c3ccccn3)[C@@H]2c2ccc(-c3ccccc3)o2)cc1. The van der Waals surface area contributed by atoms with Crippen LogP contribution in [0.15, 0.2) is 95.5 Å². The lowest BCUT2D eigenvalue weighted by Gasteiger charge is -2.25. The van der Waals surface area contributed by atoms with E-state index in [2.05, 4.69) is 15.6 Å². The zero-order chi connectivity index (χ0) is 24.2. The Kier molecular flexibility index (Phi) is 6.59. The zero-order valence-electron chi connectivity index (χ0n) is 19.3. The molecule has 0 spiro atoms. The molecule has 3 heterocycles. The van der Waals surface area contributed by atoms with E-state index >= 15 is 0 Å². The molecule has 1 aliphatic heterocycles. The molecule has 0 saturated carbocycles. The molecule has 0 radical (unpaired) electrons. The van der Waals surface area contributed by atoms with Crippen LogP contribution in [0.1, 0.15) is 35.5 Å². The van der Waals surface area contributed by atoms with Crippen LogP contribution in [0.4, 0.5) is 5.69 Å². The lowest BCUT2D eigenvalue weighted by atomic mass is 10.0.